The van der Waals surface area contributed by atoms with E-state index in [-0.39, 0.29) is 19.3 Å². The number of aliphatic imine (C=N–C) groups is 1. The van der Waals surface area contributed by atoms with Gasteiger partial charge in [0.15, 0.2) is 0 Å². The third kappa shape index (κ3) is 5.91. The lowest BCUT2D eigenvalue weighted by atomic mass is 10.1. The second-order valence-electron chi connectivity index (χ2n) is 4.73. The highest BCUT2D eigenvalue weighted by atomic mass is 19.4. The maximum absolute atomic E-state index is 12.8. The van der Waals surface area contributed by atoms with Crippen molar-refractivity contribution in [3.63, 3.8) is 0 Å². The van der Waals surface area contributed by atoms with Gasteiger partial charge in [0.05, 0.1) is 31.4 Å². The molecule has 1 saturated carbocycles. The van der Waals surface area contributed by atoms with Crippen molar-refractivity contribution < 1.29 is 37.3 Å². The molecule has 0 aromatic carbocycles. The van der Waals surface area contributed by atoms with E-state index in [4.69, 9.17) is 0 Å². The van der Waals surface area contributed by atoms with Gasteiger partial charge in [-0.3, -0.25) is 9.79 Å². The van der Waals surface area contributed by atoms with Crippen molar-refractivity contribution in [3.05, 3.63) is 11.3 Å². The van der Waals surface area contributed by atoms with Crippen LogP contribution in [0, 0.1) is 0 Å². The standard InChI is InChI=1S/C14H18F3NO5/c1-3-22-10(19)7-9(18-8-5-6-8)11(13(21)23-4-2)12(20)14(15,16)17/h8,20H,3-7H2,1-2H3. The minimum Gasteiger partial charge on any atom is -0.504 e. The summed E-state index contributed by atoms with van der Waals surface area (Å²) in [7, 11) is 0. The molecular weight excluding hydrogens is 319 g/mol. The number of halogens is 3. The van der Waals surface area contributed by atoms with Gasteiger partial charge in [0.25, 0.3) is 0 Å². The largest absolute Gasteiger partial charge is 0.504 e. The second kappa shape index (κ2) is 7.98. The molecule has 0 bridgehead atoms. The molecule has 0 aliphatic heterocycles. The summed E-state index contributed by atoms with van der Waals surface area (Å²) < 4.78 is 47.7. The number of carbonyl (C=O) groups is 2. The Morgan fingerprint density at radius 3 is 2.17 bits per heavy atom. The maximum atomic E-state index is 12.8. The molecule has 0 aromatic rings. The first kappa shape index (κ1) is 19.0. The molecule has 0 atom stereocenters. The van der Waals surface area contributed by atoms with Crippen LogP contribution in [-0.4, -0.2) is 48.2 Å². The van der Waals surface area contributed by atoms with E-state index in [1.807, 2.05) is 0 Å². The van der Waals surface area contributed by atoms with Crippen molar-refractivity contribution in [2.45, 2.75) is 45.3 Å². The molecule has 130 valence electrons. The molecule has 1 N–H and O–H groups in total. The number of carbonyl (C=O) groups excluding carboxylic acids is 2. The smallest absolute Gasteiger partial charge is 0.449 e. The molecule has 9 heteroatoms. The van der Waals surface area contributed by atoms with E-state index in [1.165, 1.54) is 13.8 Å². The van der Waals surface area contributed by atoms with Gasteiger partial charge in [-0.15, -0.1) is 0 Å². The predicted octanol–water partition coefficient (Wildman–Crippen LogP) is 2.48. The fourth-order valence-corrected chi connectivity index (χ4v) is 1.67. The highest BCUT2D eigenvalue weighted by Crippen LogP contribution is 2.30. The summed E-state index contributed by atoms with van der Waals surface area (Å²) in [5, 5.41) is 9.41. The molecule has 0 saturated heterocycles. The lowest BCUT2D eigenvalue weighted by Gasteiger charge is -2.14. The van der Waals surface area contributed by atoms with Crippen LogP contribution in [0.2, 0.25) is 0 Å². The first-order chi connectivity index (χ1) is 10.7. The molecule has 1 rings (SSSR count). The zero-order valence-electron chi connectivity index (χ0n) is 12.8. The van der Waals surface area contributed by atoms with Crippen molar-refractivity contribution in [1.29, 1.82) is 0 Å². The number of rotatable bonds is 7. The molecule has 0 heterocycles. The molecule has 0 aromatic heterocycles. The van der Waals surface area contributed by atoms with Crippen LogP contribution in [0.1, 0.15) is 33.1 Å². The molecule has 1 aliphatic rings. The summed E-state index contributed by atoms with van der Waals surface area (Å²) in [5.74, 6) is -4.35. The molecule has 1 aliphatic carbocycles. The quantitative estimate of drug-likeness (QED) is 0.334. The lowest BCUT2D eigenvalue weighted by Crippen LogP contribution is -2.27. The number of hydrogen-bond donors (Lipinski definition) is 1. The van der Waals surface area contributed by atoms with Crippen LogP contribution in [-0.2, 0) is 19.1 Å². The fourth-order valence-electron chi connectivity index (χ4n) is 1.67. The van der Waals surface area contributed by atoms with Gasteiger partial charge in [-0.2, -0.15) is 13.2 Å². The minimum absolute atomic E-state index is 0.0270. The van der Waals surface area contributed by atoms with Crippen molar-refractivity contribution in [1.82, 2.24) is 0 Å². The molecule has 0 amide bonds. The third-order valence-corrected chi connectivity index (χ3v) is 2.78. The third-order valence-electron chi connectivity index (χ3n) is 2.78. The molecule has 6 nitrogen and oxygen atoms in total. The van der Waals surface area contributed by atoms with Gasteiger partial charge in [0, 0.05) is 0 Å². The van der Waals surface area contributed by atoms with Crippen molar-refractivity contribution in [3.8, 4) is 0 Å². The summed E-state index contributed by atoms with van der Waals surface area (Å²) in [4.78, 5) is 27.4. The van der Waals surface area contributed by atoms with Crippen LogP contribution in [0.4, 0.5) is 13.2 Å². The van der Waals surface area contributed by atoms with E-state index in [0.29, 0.717) is 12.8 Å². The average Bonchev–Trinajstić information content (AvgIpc) is 3.22. The van der Waals surface area contributed by atoms with Gasteiger partial charge in [0.1, 0.15) is 5.57 Å². The Hall–Kier alpha value is -2.06. The fraction of sp³-hybridized carbons (Fsp3) is 0.643. The van der Waals surface area contributed by atoms with Gasteiger partial charge in [-0.05, 0) is 26.7 Å². The van der Waals surface area contributed by atoms with E-state index in [9.17, 15) is 27.9 Å². The Morgan fingerprint density at radius 1 is 1.17 bits per heavy atom. The summed E-state index contributed by atoms with van der Waals surface area (Å²) in [5.41, 5.74) is -1.61. The second-order valence-corrected chi connectivity index (χ2v) is 4.73. The number of hydrogen-bond acceptors (Lipinski definition) is 6. The number of aliphatic hydroxyl groups is 1. The molecular formula is C14H18F3NO5. The topological polar surface area (TPSA) is 85.2 Å². The summed E-state index contributed by atoms with van der Waals surface area (Å²) in [6.07, 6.45) is -4.55. The zero-order chi connectivity index (χ0) is 17.6. The molecule has 0 spiro atoms. The lowest BCUT2D eigenvalue weighted by molar-refractivity contribution is -0.142. The van der Waals surface area contributed by atoms with Gasteiger partial charge in [-0.1, -0.05) is 0 Å². The van der Waals surface area contributed by atoms with Crippen molar-refractivity contribution in [2.75, 3.05) is 13.2 Å². The first-order valence-corrected chi connectivity index (χ1v) is 7.10. The van der Waals surface area contributed by atoms with Gasteiger partial charge in [0.2, 0.25) is 5.76 Å². The van der Waals surface area contributed by atoms with Crippen molar-refractivity contribution in [2.24, 2.45) is 4.99 Å². The van der Waals surface area contributed by atoms with E-state index < -0.39 is 41.6 Å². The highest BCUT2D eigenvalue weighted by molar-refractivity contribution is 6.24. The minimum atomic E-state index is -5.17. The zero-order valence-corrected chi connectivity index (χ0v) is 12.8. The number of ether oxygens (including phenoxy) is 2. The van der Waals surface area contributed by atoms with E-state index in [1.54, 1.807) is 0 Å². The normalized spacial score (nSPS) is 16.7. The van der Waals surface area contributed by atoms with Crippen LogP contribution in [0.15, 0.2) is 16.3 Å². The summed E-state index contributed by atoms with van der Waals surface area (Å²) in [6, 6.07) is -0.273. The number of nitrogens with zero attached hydrogens (tertiary/aromatic N) is 1. The maximum Gasteiger partial charge on any atom is 0.449 e. The average molecular weight is 337 g/mol. The van der Waals surface area contributed by atoms with Crippen LogP contribution < -0.4 is 0 Å². The number of allylic oxidation sites excluding steroid dienone is 1. The number of alkyl halides is 3. The van der Waals surface area contributed by atoms with Crippen molar-refractivity contribution >= 4 is 17.7 Å². The van der Waals surface area contributed by atoms with Crippen LogP contribution in [0.5, 0.6) is 0 Å². The van der Waals surface area contributed by atoms with E-state index in [2.05, 4.69) is 14.5 Å². The Kier molecular flexibility index (Phi) is 6.59. The Morgan fingerprint density at radius 2 is 1.74 bits per heavy atom. The molecule has 1 fully saturated rings. The van der Waals surface area contributed by atoms with Gasteiger partial charge in [-0.25, -0.2) is 4.79 Å². The van der Waals surface area contributed by atoms with Crippen LogP contribution in [0.3, 0.4) is 0 Å². The highest BCUT2D eigenvalue weighted by Gasteiger charge is 2.41. The van der Waals surface area contributed by atoms with Gasteiger partial charge >= 0.3 is 18.1 Å². The number of aliphatic hydroxyl groups excluding tert-OH is 1. The van der Waals surface area contributed by atoms with E-state index in [0.717, 1.165) is 0 Å². The predicted molar refractivity (Wildman–Crippen MR) is 74.0 cm³/mol. The van der Waals surface area contributed by atoms with E-state index >= 15 is 0 Å². The summed E-state index contributed by atoms with van der Waals surface area (Å²) >= 11 is 0. The monoisotopic (exact) mass is 337 g/mol. The molecule has 0 unspecified atom stereocenters. The Balaban J connectivity index is 3.27. The number of esters is 2. The first-order valence-electron chi connectivity index (χ1n) is 7.10. The van der Waals surface area contributed by atoms with Crippen LogP contribution >= 0.6 is 0 Å². The van der Waals surface area contributed by atoms with Gasteiger partial charge < -0.3 is 14.6 Å². The van der Waals surface area contributed by atoms with Crippen LogP contribution in [0.25, 0.3) is 0 Å². The molecule has 23 heavy (non-hydrogen) atoms. The summed E-state index contributed by atoms with van der Waals surface area (Å²) in [6.45, 7) is 2.77. The molecule has 0 radical (unpaired) electrons. The SMILES string of the molecule is CCOC(=O)CC(=NC1CC1)C(C(=O)OCC)=C(O)C(F)(F)F. The Labute approximate surface area is 131 Å². The Bertz CT molecular complexity index is 521.